The quantitative estimate of drug-likeness (QED) is 0.909. The molecule has 1 aromatic carbocycles. The van der Waals surface area contributed by atoms with Gasteiger partial charge in [-0.05, 0) is 25.6 Å². The fourth-order valence-corrected chi connectivity index (χ4v) is 2.65. The molecular weight excluding hydrogens is 238 g/mol. The molecule has 100 valence electrons. The summed E-state index contributed by atoms with van der Waals surface area (Å²) in [5, 5.41) is 3.18. The number of hydrogen-bond acceptors (Lipinski definition) is 3. The van der Waals surface area contributed by atoms with Gasteiger partial charge >= 0.3 is 0 Å². The number of aryl methyl sites for hydroxylation is 1. The monoisotopic (exact) mass is 257 g/mol. The van der Waals surface area contributed by atoms with Crippen LogP contribution in [0.4, 0.5) is 0 Å². The lowest BCUT2D eigenvalue weighted by atomic mass is 10.1. The van der Waals surface area contributed by atoms with Crippen molar-refractivity contribution in [1.82, 2.24) is 14.9 Å². The lowest BCUT2D eigenvalue weighted by Crippen LogP contribution is -2.24. The maximum atomic E-state index is 6.00. The number of benzene rings is 1. The van der Waals surface area contributed by atoms with Gasteiger partial charge in [0.25, 0.3) is 0 Å². The highest BCUT2D eigenvalue weighted by Crippen LogP contribution is 2.29. The summed E-state index contributed by atoms with van der Waals surface area (Å²) in [6.45, 7) is 3.74. The van der Waals surface area contributed by atoms with Crippen molar-refractivity contribution >= 4 is 0 Å². The third-order valence-electron chi connectivity index (χ3n) is 3.60. The lowest BCUT2D eigenvalue weighted by molar-refractivity contribution is 0.206. The highest BCUT2D eigenvalue weighted by atomic mass is 16.5. The topological polar surface area (TPSA) is 39.1 Å². The number of imidazole rings is 1. The van der Waals surface area contributed by atoms with Gasteiger partial charge in [-0.15, -0.1) is 0 Å². The second kappa shape index (κ2) is 5.05. The third-order valence-corrected chi connectivity index (χ3v) is 3.60. The average Bonchev–Trinajstić information content (AvgIpc) is 2.96. The van der Waals surface area contributed by atoms with Crippen LogP contribution >= 0.6 is 0 Å². The van der Waals surface area contributed by atoms with E-state index in [4.69, 9.17) is 4.74 Å². The Hall–Kier alpha value is -1.81. The van der Waals surface area contributed by atoms with E-state index in [1.54, 1.807) is 0 Å². The highest BCUT2D eigenvalue weighted by molar-refractivity contribution is 5.37. The van der Waals surface area contributed by atoms with Crippen LogP contribution in [0.15, 0.2) is 30.5 Å². The van der Waals surface area contributed by atoms with Gasteiger partial charge < -0.3 is 14.6 Å². The molecule has 2 aromatic rings. The molecule has 0 amide bonds. The first-order valence-electron chi connectivity index (χ1n) is 6.68. The minimum Gasteiger partial charge on any atom is -0.488 e. The van der Waals surface area contributed by atoms with Crippen LogP contribution in [0.2, 0.25) is 0 Å². The van der Waals surface area contributed by atoms with Crippen molar-refractivity contribution < 1.29 is 4.74 Å². The van der Waals surface area contributed by atoms with Crippen LogP contribution in [0, 0.1) is 6.92 Å². The summed E-state index contributed by atoms with van der Waals surface area (Å²) in [6.07, 6.45) is 3.13. The first-order chi connectivity index (χ1) is 9.28. The van der Waals surface area contributed by atoms with Crippen molar-refractivity contribution in [2.45, 2.75) is 32.5 Å². The molecule has 0 spiro atoms. The van der Waals surface area contributed by atoms with Crippen LogP contribution in [0.25, 0.3) is 0 Å². The van der Waals surface area contributed by atoms with Crippen LogP contribution in [0.5, 0.6) is 5.75 Å². The van der Waals surface area contributed by atoms with Crippen LogP contribution < -0.4 is 10.1 Å². The SMILES string of the molecule is CNCc1cnc(C)n1CC1Cc2ccccc2O1. The summed E-state index contributed by atoms with van der Waals surface area (Å²) in [6, 6.07) is 8.28. The van der Waals surface area contributed by atoms with E-state index in [9.17, 15) is 0 Å². The van der Waals surface area contributed by atoms with E-state index in [1.807, 2.05) is 32.3 Å². The molecule has 19 heavy (non-hydrogen) atoms. The summed E-state index contributed by atoms with van der Waals surface area (Å²) in [5.41, 5.74) is 2.51. The van der Waals surface area contributed by atoms with Gasteiger partial charge in [-0.1, -0.05) is 18.2 Å². The zero-order chi connectivity index (χ0) is 13.2. The predicted octanol–water partition coefficient (Wildman–Crippen LogP) is 1.91. The molecule has 0 bridgehead atoms. The maximum Gasteiger partial charge on any atom is 0.123 e. The first kappa shape index (κ1) is 12.2. The van der Waals surface area contributed by atoms with Gasteiger partial charge in [0.2, 0.25) is 0 Å². The largest absolute Gasteiger partial charge is 0.488 e. The number of nitrogens with zero attached hydrogens (tertiary/aromatic N) is 2. The van der Waals surface area contributed by atoms with Gasteiger partial charge in [-0.3, -0.25) is 0 Å². The fourth-order valence-electron chi connectivity index (χ4n) is 2.65. The van der Waals surface area contributed by atoms with E-state index in [-0.39, 0.29) is 6.10 Å². The van der Waals surface area contributed by atoms with E-state index in [0.717, 1.165) is 31.1 Å². The van der Waals surface area contributed by atoms with Gasteiger partial charge in [-0.25, -0.2) is 4.98 Å². The Morgan fingerprint density at radius 2 is 2.26 bits per heavy atom. The maximum absolute atomic E-state index is 6.00. The molecule has 0 saturated carbocycles. The Kier molecular flexibility index (Phi) is 3.25. The van der Waals surface area contributed by atoms with E-state index >= 15 is 0 Å². The standard InChI is InChI=1S/C15H19N3O/c1-11-17-9-13(8-16-2)18(11)10-14-7-12-5-3-4-6-15(12)19-14/h3-6,9,14,16H,7-8,10H2,1-2H3. The Morgan fingerprint density at radius 3 is 3.05 bits per heavy atom. The second-order valence-electron chi connectivity index (χ2n) is 4.99. The lowest BCUT2D eigenvalue weighted by Gasteiger charge is -2.15. The summed E-state index contributed by atoms with van der Waals surface area (Å²) < 4.78 is 8.24. The molecule has 1 atom stereocenters. The summed E-state index contributed by atoms with van der Waals surface area (Å²) in [5.74, 6) is 2.07. The molecule has 2 heterocycles. The molecule has 3 rings (SSSR count). The average molecular weight is 257 g/mol. The molecule has 4 nitrogen and oxygen atoms in total. The molecule has 1 N–H and O–H groups in total. The molecule has 1 unspecified atom stereocenters. The molecule has 4 heteroatoms. The van der Waals surface area contributed by atoms with Crippen molar-refractivity contribution in [2.75, 3.05) is 7.05 Å². The minimum atomic E-state index is 0.209. The zero-order valence-electron chi connectivity index (χ0n) is 11.4. The van der Waals surface area contributed by atoms with Crippen molar-refractivity contribution in [1.29, 1.82) is 0 Å². The predicted molar refractivity (Wildman–Crippen MR) is 74.3 cm³/mol. The Labute approximate surface area is 113 Å². The molecule has 1 aliphatic heterocycles. The number of nitrogens with one attached hydrogen (secondary N) is 1. The number of aromatic nitrogens is 2. The smallest absolute Gasteiger partial charge is 0.123 e. The normalized spacial score (nSPS) is 17.3. The minimum absolute atomic E-state index is 0.209. The number of para-hydroxylation sites is 1. The van der Waals surface area contributed by atoms with Gasteiger partial charge in [-0.2, -0.15) is 0 Å². The zero-order valence-corrected chi connectivity index (χ0v) is 11.4. The molecule has 0 saturated heterocycles. The Morgan fingerprint density at radius 1 is 1.42 bits per heavy atom. The second-order valence-corrected chi connectivity index (χ2v) is 4.99. The molecule has 1 aliphatic rings. The Bertz CT molecular complexity index is 552. The fraction of sp³-hybridized carbons (Fsp3) is 0.400. The molecular formula is C15H19N3O. The summed E-state index contributed by atoms with van der Waals surface area (Å²) in [7, 11) is 1.95. The highest BCUT2D eigenvalue weighted by Gasteiger charge is 2.23. The van der Waals surface area contributed by atoms with E-state index in [2.05, 4.69) is 27.0 Å². The van der Waals surface area contributed by atoms with Crippen molar-refractivity contribution in [3.05, 3.63) is 47.5 Å². The summed E-state index contributed by atoms with van der Waals surface area (Å²) >= 11 is 0. The van der Waals surface area contributed by atoms with Gasteiger partial charge in [0, 0.05) is 19.2 Å². The molecule has 0 radical (unpaired) electrons. The van der Waals surface area contributed by atoms with E-state index in [0.29, 0.717) is 0 Å². The van der Waals surface area contributed by atoms with Gasteiger partial charge in [0.15, 0.2) is 0 Å². The van der Waals surface area contributed by atoms with Crippen molar-refractivity contribution in [3.63, 3.8) is 0 Å². The van der Waals surface area contributed by atoms with Crippen LogP contribution in [0.3, 0.4) is 0 Å². The first-order valence-corrected chi connectivity index (χ1v) is 6.68. The summed E-state index contributed by atoms with van der Waals surface area (Å²) in [4.78, 5) is 4.39. The molecule has 0 aliphatic carbocycles. The van der Waals surface area contributed by atoms with E-state index in [1.165, 1.54) is 11.3 Å². The molecule has 0 fully saturated rings. The third kappa shape index (κ3) is 2.36. The van der Waals surface area contributed by atoms with E-state index < -0.39 is 0 Å². The number of fused-ring (bicyclic) bond motifs is 1. The van der Waals surface area contributed by atoms with Crippen LogP contribution in [0.1, 0.15) is 17.1 Å². The van der Waals surface area contributed by atoms with Crippen molar-refractivity contribution in [3.8, 4) is 5.75 Å². The van der Waals surface area contributed by atoms with Crippen LogP contribution in [-0.2, 0) is 19.5 Å². The Balaban J connectivity index is 1.75. The number of ether oxygens (including phenoxy) is 1. The molecule has 1 aromatic heterocycles. The van der Waals surface area contributed by atoms with Crippen molar-refractivity contribution in [2.24, 2.45) is 0 Å². The number of hydrogen-bond donors (Lipinski definition) is 1. The number of rotatable bonds is 4. The van der Waals surface area contributed by atoms with Gasteiger partial charge in [0.05, 0.1) is 12.2 Å². The van der Waals surface area contributed by atoms with Gasteiger partial charge in [0.1, 0.15) is 17.7 Å². The van der Waals surface area contributed by atoms with Crippen LogP contribution in [-0.4, -0.2) is 22.7 Å².